The van der Waals surface area contributed by atoms with E-state index in [1.165, 1.54) is 12.8 Å². The Kier molecular flexibility index (Phi) is 8.81. The number of rotatable bonds is 8. The van der Waals surface area contributed by atoms with Gasteiger partial charge >= 0.3 is 6.09 Å². The smallest absolute Gasteiger partial charge is 0.410 e. The van der Waals surface area contributed by atoms with Gasteiger partial charge in [0.25, 0.3) is 0 Å². The highest BCUT2D eigenvalue weighted by molar-refractivity contribution is 5.68. The Labute approximate surface area is 118 Å². The molecule has 0 aliphatic carbocycles. The molecule has 0 aliphatic heterocycles. The number of amides is 1. The fourth-order valence-electron chi connectivity index (χ4n) is 1.80. The third-order valence-electron chi connectivity index (χ3n) is 3.18. The van der Waals surface area contributed by atoms with Crippen LogP contribution in [0.15, 0.2) is 0 Å². The summed E-state index contributed by atoms with van der Waals surface area (Å²) in [6.07, 6.45) is 2.18. The minimum absolute atomic E-state index is 0.223. The van der Waals surface area contributed by atoms with Crippen LogP contribution < -0.4 is 5.32 Å². The zero-order valence-corrected chi connectivity index (χ0v) is 13.6. The summed E-state index contributed by atoms with van der Waals surface area (Å²) in [4.78, 5) is 13.6. The van der Waals surface area contributed by atoms with E-state index >= 15 is 0 Å². The van der Waals surface area contributed by atoms with E-state index < -0.39 is 5.60 Å². The van der Waals surface area contributed by atoms with Gasteiger partial charge in [-0.2, -0.15) is 0 Å². The highest BCUT2D eigenvalue weighted by atomic mass is 16.6. The first-order chi connectivity index (χ1) is 8.84. The second-order valence-electron chi connectivity index (χ2n) is 5.95. The van der Waals surface area contributed by atoms with E-state index in [0.29, 0.717) is 13.1 Å². The Morgan fingerprint density at radius 1 is 1.21 bits per heavy atom. The van der Waals surface area contributed by atoms with E-state index in [1.807, 2.05) is 27.7 Å². The second-order valence-corrected chi connectivity index (χ2v) is 5.95. The molecule has 0 aromatic rings. The minimum Gasteiger partial charge on any atom is -0.444 e. The fourth-order valence-corrected chi connectivity index (χ4v) is 1.80. The zero-order valence-electron chi connectivity index (χ0n) is 13.6. The Morgan fingerprint density at radius 3 is 2.21 bits per heavy atom. The standard InChI is InChI=1S/C15H32N2O2/c1-7-13(8-2)12-16-10-11-17(9-3)14(18)19-15(4,5)6/h13,16H,7-12H2,1-6H3. The Bertz CT molecular complexity index is 245. The van der Waals surface area contributed by atoms with Crippen LogP contribution in [0.3, 0.4) is 0 Å². The molecule has 0 aromatic heterocycles. The molecule has 0 aromatic carbocycles. The van der Waals surface area contributed by atoms with Crippen molar-refractivity contribution in [2.75, 3.05) is 26.2 Å². The van der Waals surface area contributed by atoms with Gasteiger partial charge in [-0.3, -0.25) is 0 Å². The molecule has 1 N–H and O–H groups in total. The molecule has 0 radical (unpaired) electrons. The molecule has 4 nitrogen and oxygen atoms in total. The third kappa shape index (κ3) is 8.87. The van der Waals surface area contributed by atoms with Gasteiger partial charge in [-0.15, -0.1) is 0 Å². The first-order valence-electron chi connectivity index (χ1n) is 7.52. The van der Waals surface area contributed by atoms with Crippen LogP contribution in [0.2, 0.25) is 0 Å². The third-order valence-corrected chi connectivity index (χ3v) is 3.18. The normalized spacial score (nSPS) is 11.7. The number of nitrogens with zero attached hydrogens (tertiary/aromatic N) is 1. The van der Waals surface area contributed by atoms with Gasteiger partial charge in [0.15, 0.2) is 0 Å². The quantitative estimate of drug-likeness (QED) is 0.690. The molecule has 0 atom stereocenters. The molecule has 0 fully saturated rings. The van der Waals surface area contributed by atoms with Gasteiger partial charge in [-0.05, 0) is 40.2 Å². The Hall–Kier alpha value is -0.770. The monoisotopic (exact) mass is 272 g/mol. The summed E-state index contributed by atoms with van der Waals surface area (Å²) in [5.74, 6) is 0.733. The van der Waals surface area contributed by atoms with E-state index in [0.717, 1.165) is 19.0 Å². The first-order valence-corrected chi connectivity index (χ1v) is 7.52. The fraction of sp³-hybridized carbons (Fsp3) is 0.933. The maximum absolute atomic E-state index is 11.9. The van der Waals surface area contributed by atoms with Crippen LogP contribution in [0.5, 0.6) is 0 Å². The van der Waals surface area contributed by atoms with Crippen molar-refractivity contribution in [1.82, 2.24) is 10.2 Å². The number of nitrogens with one attached hydrogen (secondary N) is 1. The van der Waals surface area contributed by atoms with Crippen molar-refractivity contribution in [3.8, 4) is 0 Å². The van der Waals surface area contributed by atoms with Gasteiger partial charge in [0.2, 0.25) is 0 Å². The predicted molar refractivity (Wildman–Crippen MR) is 80.4 cm³/mol. The molecule has 0 bridgehead atoms. The summed E-state index contributed by atoms with van der Waals surface area (Å²) in [6.45, 7) is 15.3. The van der Waals surface area contributed by atoms with Gasteiger partial charge in [-0.25, -0.2) is 4.79 Å². The molecular weight excluding hydrogens is 240 g/mol. The van der Waals surface area contributed by atoms with Crippen molar-refractivity contribution >= 4 is 6.09 Å². The van der Waals surface area contributed by atoms with E-state index in [4.69, 9.17) is 4.74 Å². The molecule has 0 saturated heterocycles. The second kappa shape index (κ2) is 9.18. The van der Waals surface area contributed by atoms with Crippen molar-refractivity contribution < 1.29 is 9.53 Å². The van der Waals surface area contributed by atoms with Gasteiger partial charge in [0.05, 0.1) is 0 Å². The highest BCUT2D eigenvalue weighted by Crippen LogP contribution is 2.09. The number of ether oxygens (including phenoxy) is 1. The van der Waals surface area contributed by atoms with E-state index in [9.17, 15) is 4.79 Å². The van der Waals surface area contributed by atoms with Crippen LogP contribution >= 0.6 is 0 Å². The number of likely N-dealkylation sites (N-methyl/N-ethyl adjacent to an activating group) is 1. The number of hydrogen-bond donors (Lipinski definition) is 1. The lowest BCUT2D eigenvalue weighted by molar-refractivity contribution is 0.0262. The van der Waals surface area contributed by atoms with Gasteiger partial charge in [0.1, 0.15) is 5.60 Å². The van der Waals surface area contributed by atoms with Gasteiger partial charge in [-0.1, -0.05) is 26.7 Å². The molecule has 4 heteroatoms. The molecule has 114 valence electrons. The molecule has 0 rings (SSSR count). The van der Waals surface area contributed by atoms with Crippen LogP contribution in [0.1, 0.15) is 54.4 Å². The molecule has 0 spiro atoms. The number of carbonyl (C=O) groups is 1. The van der Waals surface area contributed by atoms with Gasteiger partial charge in [0, 0.05) is 19.6 Å². The van der Waals surface area contributed by atoms with Crippen LogP contribution in [-0.2, 0) is 4.74 Å². The minimum atomic E-state index is -0.423. The summed E-state index contributed by atoms with van der Waals surface area (Å²) >= 11 is 0. The SMILES string of the molecule is CCC(CC)CNCCN(CC)C(=O)OC(C)(C)C. The van der Waals surface area contributed by atoms with Crippen molar-refractivity contribution in [3.63, 3.8) is 0 Å². The number of carbonyl (C=O) groups excluding carboxylic acids is 1. The largest absolute Gasteiger partial charge is 0.444 e. The molecule has 19 heavy (non-hydrogen) atoms. The van der Waals surface area contributed by atoms with Crippen LogP contribution in [0.4, 0.5) is 4.79 Å². The van der Waals surface area contributed by atoms with Crippen molar-refractivity contribution in [1.29, 1.82) is 0 Å². The van der Waals surface area contributed by atoms with Gasteiger partial charge < -0.3 is 15.0 Å². The molecule has 1 amide bonds. The summed E-state index contributed by atoms with van der Waals surface area (Å²) in [5.41, 5.74) is -0.423. The lowest BCUT2D eigenvalue weighted by atomic mass is 10.0. The van der Waals surface area contributed by atoms with Crippen LogP contribution in [0, 0.1) is 5.92 Å². The van der Waals surface area contributed by atoms with E-state index in [2.05, 4.69) is 19.2 Å². The molecular formula is C15H32N2O2. The Balaban J connectivity index is 3.97. The maximum atomic E-state index is 11.9. The molecule has 0 saturated carbocycles. The Morgan fingerprint density at radius 2 is 1.79 bits per heavy atom. The zero-order chi connectivity index (χ0) is 14.9. The summed E-state index contributed by atoms with van der Waals surface area (Å²) in [7, 11) is 0. The predicted octanol–water partition coefficient (Wildman–Crippen LogP) is 3.27. The van der Waals surface area contributed by atoms with Crippen LogP contribution in [0.25, 0.3) is 0 Å². The molecule has 0 aliphatic rings. The lowest BCUT2D eigenvalue weighted by Gasteiger charge is -2.26. The number of hydrogen-bond acceptors (Lipinski definition) is 3. The summed E-state index contributed by atoms with van der Waals surface area (Å²) in [6, 6.07) is 0. The lowest BCUT2D eigenvalue weighted by Crippen LogP contribution is -2.40. The van der Waals surface area contributed by atoms with Crippen molar-refractivity contribution in [2.45, 2.75) is 60.0 Å². The molecule has 0 unspecified atom stereocenters. The maximum Gasteiger partial charge on any atom is 0.410 e. The average Bonchev–Trinajstić information content (AvgIpc) is 2.31. The summed E-state index contributed by atoms with van der Waals surface area (Å²) < 4.78 is 5.37. The van der Waals surface area contributed by atoms with Crippen LogP contribution in [-0.4, -0.2) is 42.8 Å². The highest BCUT2D eigenvalue weighted by Gasteiger charge is 2.20. The topological polar surface area (TPSA) is 41.6 Å². The van der Waals surface area contributed by atoms with E-state index in [-0.39, 0.29) is 6.09 Å². The first kappa shape index (κ1) is 18.2. The van der Waals surface area contributed by atoms with E-state index in [1.54, 1.807) is 4.90 Å². The van der Waals surface area contributed by atoms with Crippen molar-refractivity contribution in [2.24, 2.45) is 5.92 Å². The van der Waals surface area contributed by atoms with Crippen molar-refractivity contribution in [3.05, 3.63) is 0 Å². The average molecular weight is 272 g/mol. The molecule has 0 heterocycles. The summed E-state index contributed by atoms with van der Waals surface area (Å²) in [5, 5.41) is 3.42.